The molecule has 1 saturated heterocycles. The molecule has 1 fully saturated rings. The van der Waals surface area contributed by atoms with Crippen molar-refractivity contribution in [3.05, 3.63) is 29.3 Å². The molecule has 0 unspecified atom stereocenters. The number of hydrogen-bond acceptors (Lipinski definition) is 4. The number of sulfonamides is 1. The molecule has 1 heterocycles. The lowest BCUT2D eigenvalue weighted by Crippen LogP contribution is -2.34. The Morgan fingerprint density at radius 1 is 1.30 bits per heavy atom. The van der Waals surface area contributed by atoms with Gasteiger partial charge in [-0.3, -0.25) is 4.79 Å². The number of hydrogen-bond donors (Lipinski definition) is 2. The third kappa shape index (κ3) is 4.43. The predicted octanol–water partition coefficient (Wildman–Crippen LogP) is 1.14. The molecule has 0 bridgehead atoms. The van der Waals surface area contributed by atoms with Crippen LogP contribution in [-0.2, 0) is 27.5 Å². The third-order valence-corrected chi connectivity index (χ3v) is 5.27. The molecule has 10 heteroatoms. The first-order chi connectivity index (χ1) is 10.6. The van der Waals surface area contributed by atoms with E-state index in [1.807, 2.05) is 0 Å². The first-order valence-electron chi connectivity index (χ1n) is 6.81. The van der Waals surface area contributed by atoms with Crippen LogP contribution in [0.1, 0.15) is 17.5 Å². The molecular formula is C13H16F3N3O3S. The molecule has 0 atom stereocenters. The van der Waals surface area contributed by atoms with E-state index in [4.69, 9.17) is 5.73 Å². The van der Waals surface area contributed by atoms with E-state index < -0.39 is 34.2 Å². The van der Waals surface area contributed by atoms with Crippen LogP contribution in [0.15, 0.2) is 18.2 Å². The first-order valence-corrected chi connectivity index (χ1v) is 8.41. The van der Waals surface area contributed by atoms with Gasteiger partial charge in [-0.1, -0.05) is 0 Å². The molecule has 0 spiro atoms. The van der Waals surface area contributed by atoms with E-state index in [-0.39, 0.29) is 30.1 Å². The smallest absolute Gasteiger partial charge is 0.326 e. The van der Waals surface area contributed by atoms with Crippen LogP contribution in [0.5, 0.6) is 0 Å². The quantitative estimate of drug-likeness (QED) is 0.851. The molecule has 1 amide bonds. The van der Waals surface area contributed by atoms with Crippen LogP contribution in [0.3, 0.4) is 0 Å². The van der Waals surface area contributed by atoms with Gasteiger partial charge in [0.1, 0.15) is 0 Å². The number of alkyl halides is 3. The number of carbonyl (C=O) groups excluding carboxylic acids is 1. The summed E-state index contributed by atoms with van der Waals surface area (Å²) in [6.45, 7) is -0.309. The lowest BCUT2D eigenvalue weighted by atomic mass is 10.1. The van der Waals surface area contributed by atoms with Gasteiger partial charge in [0.15, 0.2) is 0 Å². The van der Waals surface area contributed by atoms with Gasteiger partial charge in [0.25, 0.3) is 0 Å². The second kappa shape index (κ2) is 6.46. The molecule has 0 saturated carbocycles. The van der Waals surface area contributed by atoms with Gasteiger partial charge < -0.3 is 11.1 Å². The summed E-state index contributed by atoms with van der Waals surface area (Å²) in [5.41, 5.74) is 4.58. The summed E-state index contributed by atoms with van der Waals surface area (Å²) >= 11 is 0. The zero-order valence-electron chi connectivity index (χ0n) is 12.1. The van der Waals surface area contributed by atoms with Crippen LogP contribution in [0.25, 0.3) is 0 Å². The van der Waals surface area contributed by atoms with Crippen LogP contribution in [0, 0.1) is 0 Å². The van der Waals surface area contributed by atoms with Crippen LogP contribution < -0.4 is 11.1 Å². The Bertz CT molecular complexity index is 704. The number of amides is 1. The van der Waals surface area contributed by atoms with Crippen molar-refractivity contribution in [3.63, 3.8) is 0 Å². The fourth-order valence-electron chi connectivity index (χ4n) is 2.28. The lowest BCUT2D eigenvalue weighted by Gasteiger charge is -2.15. The zero-order chi connectivity index (χ0) is 17.3. The van der Waals surface area contributed by atoms with E-state index in [1.165, 1.54) is 6.07 Å². The standard InChI is InChI=1S/C13H16F3N3O3S/c14-13(15,16)10-4-9(7-17)5-11(6-10)18-12(20)8-19-2-1-3-23(19,21)22/h4-6H,1-3,7-8,17H2,(H,18,20). The van der Waals surface area contributed by atoms with Crippen molar-refractivity contribution >= 4 is 21.6 Å². The molecule has 0 radical (unpaired) electrons. The molecule has 1 aromatic rings. The topological polar surface area (TPSA) is 92.5 Å². The normalized spacial score (nSPS) is 18.1. The van der Waals surface area contributed by atoms with E-state index in [0.29, 0.717) is 6.42 Å². The van der Waals surface area contributed by atoms with Gasteiger partial charge in [0.2, 0.25) is 15.9 Å². The molecule has 1 aliphatic heterocycles. The van der Waals surface area contributed by atoms with E-state index in [9.17, 15) is 26.4 Å². The van der Waals surface area contributed by atoms with Crippen molar-refractivity contribution in [2.24, 2.45) is 5.73 Å². The van der Waals surface area contributed by atoms with Gasteiger partial charge in [0.05, 0.1) is 17.9 Å². The maximum Gasteiger partial charge on any atom is 0.416 e. The minimum absolute atomic E-state index is 0.0266. The maximum absolute atomic E-state index is 12.8. The van der Waals surface area contributed by atoms with Crippen molar-refractivity contribution in [1.82, 2.24) is 4.31 Å². The van der Waals surface area contributed by atoms with Crippen molar-refractivity contribution in [2.75, 3.05) is 24.2 Å². The highest BCUT2D eigenvalue weighted by Crippen LogP contribution is 2.32. The summed E-state index contributed by atoms with van der Waals surface area (Å²) in [4.78, 5) is 11.9. The number of halogens is 3. The minimum Gasteiger partial charge on any atom is -0.326 e. The molecule has 1 aromatic carbocycles. The predicted molar refractivity (Wildman–Crippen MR) is 77.9 cm³/mol. The maximum atomic E-state index is 12.8. The Labute approximate surface area is 131 Å². The molecule has 23 heavy (non-hydrogen) atoms. The second-order valence-corrected chi connectivity index (χ2v) is 7.26. The molecular weight excluding hydrogens is 335 g/mol. The third-order valence-electron chi connectivity index (χ3n) is 3.36. The Hall–Kier alpha value is -1.65. The van der Waals surface area contributed by atoms with Crippen LogP contribution in [-0.4, -0.2) is 37.5 Å². The first kappa shape index (κ1) is 17.7. The number of benzene rings is 1. The SMILES string of the molecule is NCc1cc(NC(=O)CN2CCCS2(=O)=O)cc(C(F)(F)F)c1. The van der Waals surface area contributed by atoms with Gasteiger partial charge >= 0.3 is 6.18 Å². The highest BCUT2D eigenvalue weighted by Gasteiger charge is 2.32. The van der Waals surface area contributed by atoms with Crippen molar-refractivity contribution < 1.29 is 26.4 Å². The van der Waals surface area contributed by atoms with Gasteiger partial charge in [-0.25, -0.2) is 8.42 Å². The zero-order valence-corrected chi connectivity index (χ0v) is 12.9. The van der Waals surface area contributed by atoms with E-state index >= 15 is 0 Å². The highest BCUT2D eigenvalue weighted by atomic mass is 32.2. The number of nitrogens with zero attached hydrogens (tertiary/aromatic N) is 1. The fraction of sp³-hybridized carbons (Fsp3) is 0.462. The minimum atomic E-state index is -4.57. The number of carbonyl (C=O) groups is 1. The molecule has 1 aliphatic rings. The van der Waals surface area contributed by atoms with Crippen molar-refractivity contribution in [1.29, 1.82) is 0 Å². The molecule has 6 nitrogen and oxygen atoms in total. The van der Waals surface area contributed by atoms with Gasteiger partial charge in [-0.2, -0.15) is 17.5 Å². The van der Waals surface area contributed by atoms with Gasteiger partial charge in [0, 0.05) is 18.8 Å². The highest BCUT2D eigenvalue weighted by molar-refractivity contribution is 7.89. The van der Waals surface area contributed by atoms with E-state index in [2.05, 4.69) is 5.32 Å². The lowest BCUT2D eigenvalue weighted by molar-refractivity contribution is -0.137. The van der Waals surface area contributed by atoms with Crippen molar-refractivity contribution in [3.8, 4) is 0 Å². The fourth-order valence-corrected chi connectivity index (χ4v) is 3.75. The summed E-state index contributed by atoms with van der Waals surface area (Å²) in [7, 11) is -3.45. The van der Waals surface area contributed by atoms with Crippen LogP contribution in [0.2, 0.25) is 0 Å². The number of nitrogens with one attached hydrogen (secondary N) is 1. The summed E-state index contributed by atoms with van der Waals surface area (Å²) in [5, 5.41) is 2.29. The Kier molecular flexibility index (Phi) is 4.97. The van der Waals surface area contributed by atoms with Gasteiger partial charge in [-0.15, -0.1) is 0 Å². The van der Waals surface area contributed by atoms with Crippen molar-refractivity contribution in [2.45, 2.75) is 19.1 Å². The second-order valence-electron chi connectivity index (χ2n) is 5.17. The van der Waals surface area contributed by atoms with E-state index in [0.717, 1.165) is 16.4 Å². The Morgan fingerprint density at radius 3 is 2.52 bits per heavy atom. The van der Waals surface area contributed by atoms with Gasteiger partial charge in [-0.05, 0) is 30.2 Å². The summed E-state index contributed by atoms with van der Waals surface area (Å²) in [5.74, 6) is -0.723. The van der Waals surface area contributed by atoms with E-state index in [1.54, 1.807) is 0 Å². The summed E-state index contributed by atoms with van der Waals surface area (Å²) < 4.78 is 62.7. The summed E-state index contributed by atoms with van der Waals surface area (Å²) in [6, 6.07) is 3.02. The molecule has 128 valence electrons. The summed E-state index contributed by atoms with van der Waals surface area (Å²) in [6.07, 6.45) is -4.14. The molecule has 0 aromatic heterocycles. The molecule has 2 rings (SSSR count). The molecule has 0 aliphatic carbocycles. The number of rotatable bonds is 4. The largest absolute Gasteiger partial charge is 0.416 e. The Balaban J connectivity index is 2.14. The van der Waals surface area contributed by atoms with Crippen LogP contribution >= 0.6 is 0 Å². The average Bonchev–Trinajstić information content (AvgIpc) is 2.76. The number of anilines is 1. The number of nitrogens with two attached hydrogens (primary N) is 1. The molecule has 3 N–H and O–H groups in total. The average molecular weight is 351 g/mol. The Morgan fingerprint density at radius 2 is 2.00 bits per heavy atom. The van der Waals surface area contributed by atoms with Crippen LogP contribution in [0.4, 0.5) is 18.9 Å². The monoisotopic (exact) mass is 351 g/mol.